The lowest BCUT2D eigenvalue weighted by molar-refractivity contribution is 0.660. The van der Waals surface area contributed by atoms with Crippen LogP contribution in [0.5, 0.6) is 0 Å². The molecule has 0 saturated heterocycles. The van der Waals surface area contributed by atoms with E-state index in [1.54, 1.807) is 0 Å². The second-order valence-corrected chi connectivity index (χ2v) is 14.1. The van der Waals surface area contributed by atoms with Crippen LogP contribution in [0.4, 0.5) is 5.69 Å². The standard InChI is InChI=1S/C50H35N3/c1-50(2)44-29-28-39(51-3)31-43(44)48-41(22-13-23-45(48)50)35-26-24-33(25-27-35)37-18-12-19-38(30-37)49-52-46(36-16-8-5-9-17-36)32-47(53-49)42-21-11-10-20-40(42)34-14-6-4-7-15-34/h4-32H,1-2H3. The van der Waals surface area contributed by atoms with Crippen molar-refractivity contribution in [2.45, 2.75) is 19.3 Å². The molecule has 0 radical (unpaired) electrons. The predicted molar refractivity (Wildman–Crippen MR) is 218 cm³/mol. The summed E-state index contributed by atoms with van der Waals surface area (Å²) in [6, 6.07) is 61.4. The highest BCUT2D eigenvalue weighted by Gasteiger charge is 2.36. The van der Waals surface area contributed by atoms with Gasteiger partial charge in [0.1, 0.15) is 0 Å². The number of rotatable bonds is 6. The van der Waals surface area contributed by atoms with Crippen LogP contribution in [0.1, 0.15) is 25.0 Å². The Bertz CT molecular complexity index is 2690. The molecule has 0 aliphatic heterocycles. The van der Waals surface area contributed by atoms with Crippen molar-refractivity contribution < 1.29 is 0 Å². The zero-order chi connectivity index (χ0) is 35.9. The third kappa shape index (κ3) is 5.72. The van der Waals surface area contributed by atoms with Gasteiger partial charge in [-0.25, -0.2) is 14.8 Å². The van der Waals surface area contributed by atoms with Crippen molar-refractivity contribution in [2.75, 3.05) is 0 Å². The van der Waals surface area contributed by atoms with Crippen LogP contribution < -0.4 is 0 Å². The summed E-state index contributed by atoms with van der Waals surface area (Å²) in [6.45, 7) is 12.2. The van der Waals surface area contributed by atoms with E-state index in [1.165, 1.54) is 22.3 Å². The van der Waals surface area contributed by atoms with Crippen LogP contribution in [0.2, 0.25) is 0 Å². The highest BCUT2D eigenvalue weighted by atomic mass is 14.9. The highest BCUT2D eigenvalue weighted by Crippen LogP contribution is 2.53. The molecule has 0 N–H and O–H groups in total. The van der Waals surface area contributed by atoms with Crippen LogP contribution in [0.15, 0.2) is 176 Å². The minimum atomic E-state index is -0.134. The van der Waals surface area contributed by atoms with Crippen molar-refractivity contribution in [2.24, 2.45) is 0 Å². The highest BCUT2D eigenvalue weighted by molar-refractivity contribution is 5.94. The maximum atomic E-state index is 7.64. The minimum Gasteiger partial charge on any atom is -0.238 e. The summed E-state index contributed by atoms with van der Waals surface area (Å²) in [5.41, 5.74) is 17.2. The van der Waals surface area contributed by atoms with Crippen LogP contribution in [0.25, 0.3) is 83.3 Å². The first-order valence-electron chi connectivity index (χ1n) is 17.9. The Hall–Kier alpha value is -6.89. The summed E-state index contributed by atoms with van der Waals surface area (Å²) < 4.78 is 0. The number of aromatic nitrogens is 2. The number of nitrogens with zero attached hydrogens (tertiary/aromatic N) is 3. The summed E-state index contributed by atoms with van der Waals surface area (Å²) in [5.74, 6) is 0.683. The third-order valence-electron chi connectivity index (χ3n) is 10.5. The van der Waals surface area contributed by atoms with Gasteiger partial charge in [-0.05, 0) is 73.8 Å². The van der Waals surface area contributed by atoms with Gasteiger partial charge in [-0.15, -0.1) is 0 Å². The Morgan fingerprint density at radius 3 is 1.75 bits per heavy atom. The normalized spacial score (nSPS) is 12.5. The van der Waals surface area contributed by atoms with Crippen LogP contribution in [0.3, 0.4) is 0 Å². The van der Waals surface area contributed by atoms with E-state index in [9.17, 15) is 0 Å². The summed E-state index contributed by atoms with van der Waals surface area (Å²) >= 11 is 0. The second-order valence-electron chi connectivity index (χ2n) is 14.1. The number of hydrogen-bond donors (Lipinski definition) is 0. The van der Waals surface area contributed by atoms with Crippen LogP contribution in [0, 0.1) is 6.57 Å². The van der Waals surface area contributed by atoms with E-state index in [4.69, 9.17) is 16.5 Å². The Kier molecular flexibility index (Phi) is 7.87. The van der Waals surface area contributed by atoms with Gasteiger partial charge in [0, 0.05) is 22.1 Å². The first-order chi connectivity index (χ1) is 26.0. The fraction of sp³-hybridized carbons (Fsp3) is 0.0600. The number of benzene rings is 7. The lowest BCUT2D eigenvalue weighted by Gasteiger charge is -2.21. The largest absolute Gasteiger partial charge is 0.238 e. The van der Waals surface area contributed by atoms with Crippen molar-refractivity contribution in [1.29, 1.82) is 0 Å². The van der Waals surface area contributed by atoms with Crippen molar-refractivity contribution >= 4 is 5.69 Å². The van der Waals surface area contributed by atoms with Gasteiger partial charge in [0.2, 0.25) is 0 Å². The maximum Gasteiger partial charge on any atom is 0.187 e. The van der Waals surface area contributed by atoms with Gasteiger partial charge < -0.3 is 0 Å². The lowest BCUT2D eigenvalue weighted by Crippen LogP contribution is -2.14. The van der Waals surface area contributed by atoms with Gasteiger partial charge in [0.15, 0.2) is 11.5 Å². The predicted octanol–water partition coefficient (Wildman–Crippen LogP) is 13.3. The van der Waals surface area contributed by atoms with Gasteiger partial charge in [0.25, 0.3) is 0 Å². The topological polar surface area (TPSA) is 30.1 Å². The summed E-state index contributed by atoms with van der Waals surface area (Å²) in [5, 5.41) is 0. The molecule has 0 fully saturated rings. The minimum absolute atomic E-state index is 0.134. The second kappa shape index (κ2) is 13.0. The average molecular weight is 678 g/mol. The molecule has 9 rings (SSSR count). The van der Waals surface area contributed by atoms with E-state index in [0.717, 1.165) is 61.5 Å². The molecule has 53 heavy (non-hydrogen) atoms. The van der Waals surface area contributed by atoms with E-state index >= 15 is 0 Å². The van der Waals surface area contributed by atoms with Gasteiger partial charge in [0.05, 0.1) is 18.0 Å². The zero-order valence-electron chi connectivity index (χ0n) is 29.6. The Morgan fingerprint density at radius 2 is 1.00 bits per heavy atom. The van der Waals surface area contributed by atoms with Gasteiger partial charge in [-0.3, -0.25) is 0 Å². The molecule has 1 heterocycles. The van der Waals surface area contributed by atoms with Gasteiger partial charge in [-0.2, -0.15) is 0 Å². The molecule has 8 aromatic rings. The molecular formula is C50H35N3. The number of hydrogen-bond acceptors (Lipinski definition) is 2. The van der Waals surface area contributed by atoms with E-state index in [-0.39, 0.29) is 5.41 Å². The Balaban J connectivity index is 1.11. The molecule has 3 nitrogen and oxygen atoms in total. The molecule has 250 valence electrons. The molecule has 0 bridgehead atoms. The van der Waals surface area contributed by atoms with Crippen LogP contribution >= 0.6 is 0 Å². The zero-order valence-corrected chi connectivity index (χ0v) is 29.6. The molecule has 0 spiro atoms. The van der Waals surface area contributed by atoms with E-state index in [0.29, 0.717) is 11.5 Å². The average Bonchev–Trinajstić information content (AvgIpc) is 3.46. The summed E-state index contributed by atoms with van der Waals surface area (Å²) in [7, 11) is 0. The van der Waals surface area contributed by atoms with E-state index < -0.39 is 0 Å². The van der Waals surface area contributed by atoms with Crippen molar-refractivity contribution in [3.63, 3.8) is 0 Å². The Morgan fingerprint density at radius 1 is 0.415 bits per heavy atom. The molecule has 0 unspecified atom stereocenters. The molecule has 0 atom stereocenters. The SMILES string of the molecule is [C-]#[N+]c1ccc2c(c1)-c1c(-c3ccc(-c4cccc(-c5nc(-c6ccccc6)cc(-c6ccccc6-c6ccccc6)n5)c4)cc3)cccc1C2(C)C. The van der Waals surface area contributed by atoms with E-state index in [2.05, 4.69) is 164 Å². The molecule has 1 aliphatic rings. The van der Waals surface area contributed by atoms with Crippen molar-refractivity contribution in [1.82, 2.24) is 9.97 Å². The first kappa shape index (κ1) is 32.0. The van der Waals surface area contributed by atoms with Crippen LogP contribution in [-0.2, 0) is 5.41 Å². The summed E-state index contributed by atoms with van der Waals surface area (Å²) in [6.07, 6.45) is 0. The quantitative estimate of drug-likeness (QED) is 0.164. The van der Waals surface area contributed by atoms with E-state index in [1.807, 2.05) is 30.3 Å². The molecule has 1 aromatic heterocycles. The molecule has 1 aliphatic carbocycles. The van der Waals surface area contributed by atoms with Crippen LogP contribution in [-0.4, -0.2) is 9.97 Å². The first-order valence-corrected chi connectivity index (χ1v) is 17.9. The molecular weight excluding hydrogens is 643 g/mol. The monoisotopic (exact) mass is 677 g/mol. The maximum absolute atomic E-state index is 7.64. The molecule has 7 aromatic carbocycles. The molecule has 3 heteroatoms. The molecule has 0 amide bonds. The molecule has 0 saturated carbocycles. The third-order valence-corrected chi connectivity index (χ3v) is 10.5. The smallest absolute Gasteiger partial charge is 0.187 e. The lowest BCUT2D eigenvalue weighted by atomic mass is 9.82. The summed E-state index contributed by atoms with van der Waals surface area (Å²) in [4.78, 5) is 14.1. The fourth-order valence-electron chi connectivity index (χ4n) is 7.83. The van der Waals surface area contributed by atoms with Crippen molar-refractivity contribution in [3.8, 4) is 78.4 Å². The van der Waals surface area contributed by atoms with Gasteiger partial charge >= 0.3 is 0 Å². The van der Waals surface area contributed by atoms with Crippen molar-refractivity contribution in [3.05, 3.63) is 198 Å². The Labute approximate surface area is 310 Å². The van der Waals surface area contributed by atoms with Gasteiger partial charge in [-0.1, -0.05) is 172 Å². The fourth-order valence-corrected chi connectivity index (χ4v) is 7.83. The number of fused-ring (bicyclic) bond motifs is 3.